The summed E-state index contributed by atoms with van der Waals surface area (Å²) in [5.41, 5.74) is 0. The number of amides is 2. The minimum atomic E-state index is -0.854. The molecule has 3 unspecified atom stereocenters. The minimum Gasteiger partial charge on any atom is -0.481 e. The fourth-order valence-corrected chi connectivity index (χ4v) is 4.65. The number of nitrogens with zero attached hydrogens (tertiary/aromatic N) is 2. The van der Waals surface area contributed by atoms with Crippen LogP contribution in [0.4, 0.5) is 0 Å². The van der Waals surface area contributed by atoms with Crippen LogP contribution in [-0.2, 0) is 14.4 Å². The van der Waals surface area contributed by atoms with Crippen LogP contribution in [0.1, 0.15) is 57.8 Å². The van der Waals surface area contributed by atoms with E-state index in [1.165, 1.54) is 0 Å². The Kier molecular flexibility index (Phi) is 5.41. The summed E-state index contributed by atoms with van der Waals surface area (Å²) in [6.45, 7) is 2.28. The molecule has 2 amide bonds. The Bertz CT molecular complexity index is 501. The highest BCUT2D eigenvalue weighted by Crippen LogP contribution is 2.35. The van der Waals surface area contributed by atoms with Crippen molar-refractivity contribution in [3.05, 3.63) is 0 Å². The van der Waals surface area contributed by atoms with Crippen LogP contribution < -0.4 is 0 Å². The number of likely N-dealkylation sites (tertiary alicyclic amines) is 2. The van der Waals surface area contributed by atoms with Crippen LogP contribution >= 0.6 is 0 Å². The van der Waals surface area contributed by atoms with Crippen molar-refractivity contribution in [1.29, 1.82) is 0 Å². The summed E-state index contributed by atoms with van der Waals surface area (Å²) in [6, 6.07) is -0.195. The molecule has 3 atom stereocenters. The Hall–Kier alpha value is -1.59. The van der Waals surface area contributed by atoms with E-state index >= 15 is 0 Å². The fraction of sp³-hybridized carbons (Fsp3) is 0.833. The first-order valence-corrected chi connectivity index (χ1v) is 9.39. The van der Waals surface area contributed by atoms with E-state index in [4.69, 9.17) is 5.11 Å². The van der Waals surface area contributed by atoms with Gasteiger partial charge in [0.15, 0.2) is 0 Å². The van der Waals surface area contributed by atoms with Crippen LogP contribution in [0.2, 0.25) is 0 Å². The van der Waals surface area contributed by atoms with Gasteiger partial charge in [-0.15, -0.1) is 0 Å². The number of aliphatic carboxylic acids is 1. The summed E-state index contributed by atoms with van der Waals surface area (Å²) in [5.74, 6) is -1.12. The number of carboxylic acids is 1. The molecule has 2 saturated heterocycles. The van der Waals surface area contributed by atoms with E-state index in [9.17, 15) is 14.4 Å². The molecule has 2 aliphatic heterocycles. The molecule has 0 radical (unpaired) electrons. The van der Waals surface area contributed by atoms with Gasteiger partial charge >= 0.3 is 5.97 Å². The van der Waals surface area contributed by atoms with Gasteiger partial charge in [-0.2, -0.15) is 0 Å². The van der Waals surface area contributed by atoms with Gasteiger partial charge in [0.05, 0.1) is 6.42 Å². The van der Waals surface area contributed by atoms with Crippen molar-refractivity contribution in [2.45, 2.75) is 63.8 Å². The zero-order valence-electron chi connectivity index (χ0n) is 14.3. The van der Waals surface area contributed by atoms with Crippen LogP contribution in [0, 0.1) is 11.8 Å². The fourth-order valence-electron chi connectivity index (χ4n) is 4.65. The lowest BCUT2D eigenvalue weighted by molar-refractivity contribution is -0.149. The van der Waals surface area contributed by atoms with Crippen molar-refractivity contribution in [3.8, 4) is 0 Å². The zero-order valence-corrected chi connectivity index (χ0v) is 14.3. The minimum absolute atomic E-state index is 0.0171. The summed E-state index contributed by atoms with van der Waals surface area (Å²) in [6.07, 6.45) is 7.31. The number of carbonyl (C=O) groups is 3. The Morgan fingerprint density at radius 3 is 2.04 bits per heavy atom. The van der Waals surface area contributed by atoms with Crippen molar-refractivity contribution in [3.63, 3.8) is 0 Å². The molecule has 6 nitrogen and oxygen atoms in total. The second kappa shape index (κ2) is 7.53. The molecule has 6 heteroatoms. The summed E-state index contributed by atoms with van der Waals surface area (Å²) in [7, 11) is 0. The van der Waals surface area contributed by atoms with Crippen molar-refractivity contribution in [1.82, 2.24) is 9.80 Å². The molecule has 134 valence electrons. The molecule has 0 aromatic carbocycles. The van der Waals surface area contributed by atoms with E-state index in [1.807, 2.05) is 4.90 Å². The number of carboxylic acid groups (broad SMARTS) is 1. The van der Waals surface area contributed by atoms with Gasteiger partial charge in [-0.05, 0) is 38.5 Å². The number of carbonyl (C=O) groups excluding carboxylic acids is 2. The van der Waals surface area contributed by atoms with Gasteiger partial charge in [-0.3, -0.25) is 14.4 Å². The SMILES string of the molecule is O=C(O)CC1CCCN1C(=O)C1CCCCC1C(=O)N1CCCC1. The molecule has 2 heterocycles. The van der Waals surface area contributed by atoms with E-state index in [-0.39, 0.29) is 36.1 Å². The first-order chi connectivity index (χ1) is 11.6. The molecule has 0 bridgehead atoms. The van der Waals surface area contributed by atoms with Crippen LogP contribution in [0.5, 0.6) is 0 Å². The van der Waals surface area contributed by atoms with Gasteiger partial charge < -0.3 is 14.9 Å². The molecule has 24 heavy (non-hydrogen) atoms. The van der Waals surface area contributed by atoms with Gasteiger partial charge in [0.1, 0.15) is 0 Å². The molecule has 3 aliphatic rings. The second-order valence-electron chi connectivity index (χ2n) is 7.46. The third kappa shape index (κ3) is 3.57. The average Bonchev–Trinajstić information content (AvgIpc) is 3.24. The molecule has 0 spiro atoms. The number of hydrogen-bond acceptors (Lipinski definition) is 3. The van der Waals surface area contributed by atoms with Crippen molar-refractivity contribution < 1.29 is 19.5 Å². The number of hydrogen-bond donors (Lipinski definition) is 1. The standard InChI is InChI=1S/C18H28N2O4/c21-16(22)12-13-6-5-11-20(13)18(24)15-8-2-1-7-14(15)17(23)19-9-3-4-10-19/h13-15H,1-12H2,(H,21,22). The normalized spacial score (nSPS) is 30.6. The highest BCUT2D eigenvalue weighted by Gasteiger charge is 2.42. The third-order valence-electron chi connectivity index (χ3n) is 5.89. The van der Waals surface area contributed by atoms with E-state index < -0.39 is 5.97 Å². The van der Waals surface area contributed by atoms with Crippen molar-refractivity contribution in [2.75, 3.05) is 19.6 Å². The maximum absolute atomic E-state index is 13.1. The Morgan fingerprint density at radius 1 is 0.792 bits per heavy atom. The van der Waals surface area contributed by atoms with Crippen molar-refractivity contribution in [2.24, 2.45) is 11.8 Å². The largest absolute Gasteiger partial charge is 0.481 e. The molecule has 1 saturated carbocycles. The summed E-state index contributed by atoms with van der Waals surface area (Å²) in [5, 5.41) is 9.07. The molecule has 1 N–H and O–H groups in total. The van der Waals surface area contributed by atoms with Gasteiger partial charge in [0.25, 0.3) is 0 Å². The second-order valence-corrected chi connectivity index (χ2v) is 7.46. The van der Waals surface area contributed by atoms with Crippen LogP contribution in [0.25, 0.3) is 0 Å². The zero-order chi connectivity index (χ0) is 17.1. The average molecular weight is 336 g/mol. The lowest BCUT2D eigenvalue weighted by Crippen LogP contribution is -2.47. The van der Waals surface area contributed by atoms with E-state index in [0.717, 1.165) is 64.5 Å². The predicted molar refractivity (Wildman–Crippen MR) is 88.2 cm³/mol. The lowest BCUT2D eigenvalue weighted by atomic mass is 9.77. The third-order valence-corrected chi connectivity index (χ3v) is 5.89. The Morgan fingerprint density at radius 2 is 1.42 bits per heavy atom. The summed E-state index contributed by atoms with van der Waals surface area (Å²) < 4.78 is 0. The van der Waals surface area contributed by atoms with Gasteiger partial charge in [-0.1, -0.05) is 12.8 Å². The molecular weight excluding hydrogens is 308 g/mol. The maximum atomic E-state index is 13.1. The monoisotopic (exact) mass is 336 g/mol. The highest BCUT2D eigenvalue weighted by atomic mass is 16.4. The molecule has 0 aromatic heterocycles. The Balaban J connectivity index is 1.70. The van der Waals surface area contributed by atoms with Crippen LogP contribution in [0.3, 0.4) is 0 Å². The Labute approximate surface area is 143 Å². The summed E-state index contributed by atoms with van der Waals surface area (Å²) in [4.78, 5) is 40.7. The first kappa shape index (κ1) is 17.2. The highest BCUT2D eigenvalue weighted by molar-refractivity contribution is 5.88. The molecule has 3 rings (SSSR count). The van der Waals surface area contributed by atoms with Crippen molar-refractivity contribution >= 4 is 17.8 Å². The van der Waals surface area contributed by atoms with E-state index in [0.29, 0.717) is 6.54 Å². The van der Waals surface area contributed by atoms with Gasteiger partial charge in [0.2, 0.25) is 11.8 Å². The number of rotatable bonds is 4. The van der Waals surface area contributed by atoms with Crippen LogP contribution in [-0.4, -0.2) is 58.4 Å². The topological polar surface area (TPSA) is 77.9 Å². The quantitative estimate of drug-likeness (QED) is 0.850. The van der Waals surface area contributed by atoms with E-state index in [2.05, 4.69) is 0 Å². The predicted octanol–water partition coefficient (Wildman–Crippen LogP) is 1.88. The molecular formula is C18H28N2O4. The first-order valence-electron chi connectivity index (χ1n) is 9.39. The summed E-state index contributed by atoms with van der Waals surface area (Å²) >= 11 is 0. The molecule has 3 fully saturated rings. The molecule has 1 aliphatic carbocycles. The van der Waals surface area contributed by atoms with Crippen LogP contribution in [0.15, 0.2) is 0 Å². The smallest absolute Gasteiger partial charge is 0.305 e. The van der Waals surface area contributed by atoms with Gasteiger partial charge in [-0.25, -0.2) is 0 Å². The lowest BCUT2D eigenvalue weighted by Gasteiger charge is -2.36. The van der Waals surface area contributed by atoms with Gasteiger partial charge in [0, 0.05) is 37.5 Å². The van der Waals surface area contributed by atoms with E-state index in [1.54, 1.807) is 4.90 Å². The molecule has 0 aromatic rings. The maximum Gasteiger partial charge on any atom is 0.305 e.